The molecule has 3 heterocycles. The second-order valence-corrected chi connectivity index (χ2v) is 6.24. The first kappa shape index (κ1) is 15.1. The molecule has 3 N–H and O–H groups in total. The predicted molar refractivity (Wildman–Crippen MR) is 94.6 cm³/mol. The molecular weight excluding hydrogens is 302 g/mol. The van der Waals surface area contributed by atoms with Gasteiger partial charge in [0.2, 0.25) is 0 Å². The first-order valence-corrected chi connectivity index (χ1v) is 8.27. The van der Waals surface area contributed by atoms with Crippen LogP contribution in [-0.4, -0.2) is 50.8 Å². The van der Waals surface area contributed by atoms with Gasteiger partial charge in [0.25, 0.3) is 0 Å². The van der Waals surface area contributed by atoms with E-state index in [0.717, 1.165) is 48.2 Å². The molecular formula is C18H21N5O. The van der Waals surface area contributed by atoms with Crippen molar-refractivity contribution in [2.75, 3.05) is 32.0 Å². The third-order valence-electron chi connectivity index (χ3n) is 4.78. The van der Waals surface area contributed by atoms with Gasteiger partial charge < -0.3 is 15.4 Å². The number of anilines is 1. The monoisotopic (exact) mass is 323 g/mol. The Bertz CT molecular complexity index is 845. The van der Waals surface area contributed by atoms with Crippen molar-refractivity contribution in [1.29, 1.82) is 0 Å². The molecule has 0 radical (unpaired) electrons. The lowest BCUT2D eigenvalue weighted by atomic mass is 10.1. The second-order valence-electron chi connectivity index (χ2n) is 6.24. The van der Waals surface area contributed by atoms with E-state index in [1.165, 1.54) is 6.33 Å². The Morgan fingerprint density at radius 3 is 2.83 bits per heavy atom. The summed E-state index contributed by atoms with van der Waals surface area (Å²) in [5, 5.41) is 10.1. The molecule has 0 aliphatic carbocycles. The number of aliphatic hydroxyl groups is 1. The molecule has 1 unspecified atom stereocenters. The Balaban J connectivity index is 1.82. The Morgan fingerprint density at radius 1 is 1.21 bits per heavy atom. The van der Waals surface area contributed by atoms with Crippen LogP contribution in [0.4, 0.5) is 5.82 Å². The van der Waals surface area contributed by atoms with E-state index in [-0.39, 0.29) is 6.61 Å². The van der Waals surface area contributed by atoms with Crippen LogP contribution < -0.4 is 5.73 Å². The Labute approximate surface area is 140 Å². The fraction of sp³-hybridized carbons (Fsp3) is 0.333. The van der Waals surface area contributed by atoms with Gasteiger partial charge in [-0.25, -0.2) is 9.97 Å². The minimum absolute atomic E-state index is 0.198. The standard InChI is InChI=1S/C18H21N5O/c19-17-16-15(13-4-2-1-3-5-13)11-23(18(16)21-12-20-17)14-6-7-22(10-14)8-9-24/h1-5,11-12,14,24H,6-10H2,(H2,19,20,21). The highest BCUT2D eigenvalue weighted by Crippen LogP contribution is 2.35. The van der Waals surface area contributed by atoms with Gasteiger partial charge in [0.15, 0.2) is 0 Å². The highest BCUT2D eigenvalue weighted by molar-refractivity contribution is 6.00. The molecule has 1 aliphatic heterocycles. The van der Waals surface area contributed by atoms with E-state index in [1.54, 1.807) is 0 Å². The summed E-state index contributed by atoms with van der Waals surface area (Å²) in [5.41, 5.74) is 9.25. The molecule has 1 aromatic carbocycles. The number of aromatic nitrogens is 3. The molecule has 1 fully saturated rings. The fourth-order valence-corrected chi connectivity index (χ4v) is 3.61. The van der Waals surface area contributed by atoms with Gasteiger partial charge in [-0.05, 0) is 12.0 Å². The van der Waals surface area contributed by atoms with Crippen LogP contribution >= 0.6 is 0 Å². The number of likely N-dealkylation sites (tertiary alicyclic amines) is 1. The van der Waals surface area contributed by atoms with Crippen molar-refractivity contribution >= 4 is 16.9 Å². The smallest absolute Gasteiger partial charge is 0.146 e. The average Bonchev–Trinajstić information content (AvgIpc) is 3.21. The van der Waals surface area contributed by atoms with Gasteiger partial charge in [0.05, 0.1) is 12.0 Å². The Morgan fingerprint density at radius 2 is 2.04 bits per heavy atom. The fourth-order valence-electron chi connectivity index (χ4n) is 3.61. The van der Waals surface area contributed by atoms with E-state index in [9.17, 15) is 0 Å². The van der Waals surface area contributed by atoms with Gasteiger partial charge in [-0.15, -0.1) is 0 Å². The van der Waals surface area contributed by atoms with Crippen molar-refractivity contribution in [3.8, 4) is 11.1 Å². The summed E-state index contributed by atoms with van der Waals surface area (Å²) in [4.78, 5) is 11.0. The van der Waals surface area contributed by atoms with Crippen LogP contribution in [0.15, 0.2) is 42.9 Å². The van der Waals surface area contributed by atoms with E-state index in [2.05, 4.69) is 37.8 Å². The van der Waals surface area contributed by atoms with E-state index in [1.807, 2.05) is 18.2 Å². The lowest BCUT2D eigenvalue weighted by molar-refractivity contribution is 0.218. The van der Waals surface area contributed by atoms with Crippen LogP contribution in [0.25, 0.3) is 22.2 Å². The highest BCUT2D eigenvalue weighted by Gasteiger charge is 2.26. The molecule has 0 bridgehead atoms. The average molecular weight is 323 g/mol. The van der Waals surface area contributed by atoms with Gasteiger partial charge in [0, 0.05) is 37.4 Å². The molecule has 0 spiro atoms. The van der Waals surface area contributed by atoms with Gasteiger partial charge in [-0.3, -0.25) is 4.90 Å². The van der Waals surface area contributed by atoms with Crippen LogP contribution in [0, 0.1) is 0 Å². The zero-order valence-electron chi connectivity index (χ0n) is 13.5. The highest BCUT2D eigenvalue weighted by atomic mass is 16.3. The van der Waals surface area contributed by atoms with Crippen molar-refractivity contribution < 1.29 is 5.11 Å². The summed E-state index contributed by atoms with van der Waals surface area (Å²) < 4.78 is 2.23. The summed E-state index contributed by atoms with van der Waals surface area (Å²) in [7, 11) is 0. The summed E-state index contributed by atoms with van der Waals surface area (Å²) in [6, 6.07) is 10.6. The van der Waals surface area contributed by atoms with Gasteiger partial charge in [0.1, 0.15) is 17.8 Å². The van der Waals surface area contributed by atoms with Crippen LogP contribution in [0.2, 0.25) is 0 Å². The molecule has 2 aromatic heterocycles. The third kappa shape index (κ3) is 2.53. The van der Waals surface area contributed by atoms with Crippen molar-refractivity contribution in [3.05, 3.63) is 42.9 Å². The number of benzene rings is 1. The first-order valence-electron chi connectivity index (χ1n) is 8.27. The molecule has 24 heavy (non-hydrogen) atoms. The van der Waals surface area contributed by atoms with Gasteiger partial charge in [-0.1, -0.05) is 30.3 Å². The number of rotatable bonds is 4. The molecule has 1 saturated heterocycles. The summed E-state index contributed by atoms with van der Waals surface area (Å²) >= 11 is 0. The molecule has 3 aromatic rings. The number of nitrogens with zero attached hydrogens (tertiary/aromatic N) is 4. The largest absolute Gasteiger partial charge is 0.395 e. The van der Waals surface area contributed by atoms with Gasteiger partial charge in [-0.2, -0.15) is 0 Å². The number of aliphatic hydroxyl groups excluding tert-OH is 1. The summed E-state index contributed by atoms with van der Waals surface area (Å²) in [5.74, 6) is 0.516. The molecule has 124 valence electrons. The maximum atomic E-state index is 9.16. The lowest BCUT2D eigenvalue weighted by Gasteiger charge is -2.16. The zero-order chi connectivity index (χ0) is 16.5. The SMILES string of the molecule is Nc1ncnc2c1c(-c1ccccc1)cn2C1CCN(CCO)C1. The van der Waals surface area contributed by atoms with Crippen molar-refractivity contribution in [2.24, 2.45) is 0 Å². The number of hydrogen-bond acceptors (Lipinski definition) is 5. The quantitative estimate of drug-likeness (QED) is 0.767. The number of hydrogen-bond donors (Lipinski definition) is 2. The molecule has 6 heteroatoms. The molecule has 4 rings (SSSR count). The molecule has 1 aliphatic rings. The Hall–Kier alpha value is -2.44. The van der Waals surface area contributed by atoms with E-state index >= 15 is 0 Å². The lowest BCUT2D eigenvalue weighted by Crippen LogP contribution is -2.24. The maximum Gasteiger partial charge on any atom is 0.146 e. The molecule has 0 saturated carbocycles. The van der Waals surface area contributed by atoms with E-state index in [0.29, 0.717) is 11.9 Å². The molecule has 0 amide bonds. The molecule has 6 nitrogen and oxygen atoms in total. The van der Waals surface area contributed by atoms with E-state index in [4.69, 9.17) is 10.8 Å². The normalized spacial score (nSPS) is 18.5. The van der Waals surface area contributed by atoms with Crippen LogP contribution in [0.1, 0.15) is 12.5 Å². The van der Waals surface area contributed by atoms with Crippen LogP contribution in [0.3, 0.4) is 0 Å². The maximum absolute atomic E-state index is 9.16. The van der Waals surface area contributed by atoms with E-state index < -0.39 is 0 Å². The van der Waals surface area contributed by atoms with Crippen LogP contribution in [-0.2, 0) is 0 Å². The number of β-amino-alcohol motifs (C(OH)–C–C–N with tert-alkyl or cyclic N) is 1. The predicted octanol–water partition coefficient (Wildman–Crippen LogP) is 1.92. The first-order chi connectivity index (χ1) is 11.8. The van der Waals surface area contributed by atoms with Crippen LogP contribution in [0.5, 0.6) is 0 Å². The minimum atomic E-state index is 0.198. The second kappa shape index (κ2) is 6.22. The third-order valence-corrected chi connectivity index (χ3v) is 4.78. The molecule has 1 atom stereocenters. The Kier molecular flexibility index (Phi) is 3.92. The van der Waals surface area contributed by atoms with Crippen molar-refractivity contribution in [2.45, 2.75) is 12.5 Å². The van der Waals surface area contributed by atoms with Gasteiger partial charge >= 0.3 is 0 Å². The summed E-state index contributed by atoms with van der Waals surface area (Å²) in [6.45, 7) is 2.83. The van der Waals surface area contributed by atoms with Crippen molar-refractivity contribution in [3.63, 3.8) is 0 Å². The summed E-state index contributed by atoms with van der Waals surface area (Å²) in [6.07, 6.45) is 4.73. The van der Waals surface area contributed by atoms with Crippen molar-refractivity contribution in [1.82, 2.24) is 19.4 Å². The topological polar surface area (TPSA) is 80.2 Å². The zero-order valence-corrected chi connectivity index (χ0v) is 13.5. The number of fused-ring (bicyclic) bond motifs is 1. The number of nitrogen functional groups attached to an aromatic ring is 1. The minimum Gasteiger partial charge on any atom is -0.395 e. The number of nitrogens with two attached hydrogens (primary N) is 1.